The van der Waals surface area contributed by atoms with Gasteiger partial charge in [0.1, 0.15) is 0 Å². The van der Waals surface area contributed by atoms with Gasteiger partial charge in [-0.15, -0.1) is 0 Å². The second-order valence-corrected chi connectivity index (χ2v) is 9.03. The summed E-state index contributed by atoms with van der Waals surface area (Å²) in [6, 6.07) is 8.32. The summed E-state index contributed by atoms with van der Waals surface area (Å²) >= 11 is 0. The molecule has 0 spiro atoms. The van der Waals surface area contributed by atoms with E-state index in [1.165, 1.54) is 4.90 Å². The number of carbonyl (C=O) groups is 1. The molecule has 0 aliphatic carbocycles. The summed E-state index contributed by atoms with van der Waals surface area (Å²) in [5.74, 6) is -0.331. The fourth-order valence-electron chi connectivity index (χ4n) is 1.57. The Kier molecular flexibility index (Phi) is 4.63. The van der Waals surface area contributed by atoms with Crippen LogP contribution < -0.4 is 0 Å². The van der Waals surface area contributed by atoms with Crippen molar-refractivity contribution in [1.29, 1.82) is 0 Å². The van der Waals surface area contributed by atoms with Crippen molar-refractivity contribution in [3.05, 3.63) is 29.8 Å². The van der Waals surface area contributed by atoms with Crippen LogP contribution in [0.5, 0.6) is 0 Å². The molecule has 0 saturated heterocycles. The first-order chi connectivity index (χ1) is 7.86. The number of hydrogen-bond donors (Lipinski definition) is 0. The van der Waals surface area contributed by atoms with Crippen molar-refractivity contribution < 1.29 is 9.53 Å². The Morgan fingerprint density at radius 2 is 1.76 bits per heavy atom. The molecule has 0 radical (unpaired) electrons. The normalized spacial score (nSPS) is 14.2. The zero-order valence-corrected chi connectivity index (χ0v) is 12.1. The monoisotopic (exact) mass is 254 g/mol. The lowest BCUT2D eigenvalue weighted by Crippen LogP contribution is -2.12. The number of benzene rings is 1. The molecule has 0 saturated carbocycles. The van der Waals surface area contributed by atoms with Crippen LogP contribution in [0.3, 0.4) is 0 Å². The highest BCUT2D eigenvalue weighted by molar-refractivity contribution is 8.32. The van der Waals surface area contributed by atoms with Gasteiger partial charge in [-0.05, 0) is 55.2 Å². The molecule has 0 heterocycles. The van der Waals surface area contributed by atoms with Gasteiger partial charge in [-0.25, -0.2) is 10.0 Å². The molecule has 1 aromatic rings. The zero-order chi connectivity index (χ0) is 13.1. The van der Waals surface area contributed by atoms with Gasteiger partial charge >= 0.3 is 5.97 Å². The Balaban J connectivity index is 2.84. The van der Waals surface area contributed by atoms with Crippen LogP contribution in [-0.2, 0) is 9.53 Å². The highest BCUT2D eigenvalue weighted by Crippen LogP contribution is 2.45. The van der Waals surface area contributed by atoms with Crippen LogP contribution in [0.2, 0.25) is 0 Å². The maximum Gasteiger partial charge on any atom is 0.313 e. The molecule has 0 bridgehead atoms. The quantitative estimate of drug-likeness (QED) is 0.770. The molecule has 1 aromatic carbocycles. The summed E-state index contributed by atoms with van der Waals surface area (Å²) in [7, 11) is -0.692. The van der Waals surface area contributed by atoms with E-state index in [2.05, 4.69) is 30.9 Å². The van der Waals surface area contributed by atoms with Gasteiger partial charge in [-0.1, -0.05) is 12.1 Å². The highest BCUT2D eigenvalue weighted by Gasteiger charge is 2.16. The number of rotatable bonds is 4. The van der Waals surface area contributed by atoms with Crippen molar-refractivity contribution in [1.82, 2.24) is 0 Å². The molecule has 1 rings (SSSR count). The van der Waals surface area contributed by atoms with Crippen molar-refractivity contribution in [3.63, 3.8) is 0 Å². The molecule has 0 unspecified atom stereocenters. The molecule has 0 fully saturated rings. The van der Waals surface area contributed by atoms with E-state index < -0.39 is 10.0 Å². The molecular weight excluding hydrogens is 232 g/mol. The average molecular weight is 254 g/mol. The topological polar surface area (TPSA) is 26.3 Å². The largest absolute Gasteiger partial charge is 0.466 e. The van der Waals surface area contributed by atoms with Gasteiger partial charge in [-0.2, -0.15) is 0 Å². The van der Waals surface area contributed by atoms with E-state index in [0.29, 0.717) is 6.61 Å². The fourth-order valence-corrected chi connectivity index (χ4v) is 2.52. The maximum absolute atomic E-state index is 11.6. The summed E-state index contributed by atoms with van der Waals surface area (Å²) in [6.07, 6.45) is 6.78. The van der Waals surface area contributed by atoms with Gasteiger partial charge in [0.05, 0.1) is 12.5 Å². The Hall–Kier alpha value is -0.960. The van der Waals surface area contributed by atoms with E-state index in [-0.39, 0.29) is 11.9 Å². The molecule has 0 aromatic heterocycles. The lowest BCUT2D eigenvalue weighted by atomic mass is 10.0. The van der Waals surface area contributed by atoms with Gasteiger partial charge < -0.3 is 4.74 Å². The standard InChI is InChI=1S/C14H22O2S/c1-6-16-14(15)11(2)12-7-9-13(10-8-12)17(3,4)5/h7-11H,6H2,1-5H3/t11-/m0/s1. The highest BCUT2D eigenvalue weighted by atomic mass is 32.3. The molecule has 0 aliphatic heterocycles. The third-order valence-electron chi connectivity index (χ3n) is 2.73. The van der Waals surface area contributed by atoms with Crippen molar-refractivity contribution in [2.45, 2.75) is 24.7 Å². The predicted molar refractivity (Wildman–Crippen MR) is 75.1 cm³/mol. The lowest BCUT2D eigenvalue weighted by molar-refractivity contribution is -0.144. The predicted octanol–water partition coefficient (Wildman–Crippen LogP) is 3.41. The molecule has 0 aliphatic rings. The van der Waals surface area contributed by atoms with E-state index in [1.807, 2.05) is 26.0 Å². The third-order valence-corrected chi connectivity index (χ3v) is 4.41. The molecule has 0 amide bonds. The molecule has 3 heteroatoms. The van der Waals surface area contributed by atoms with Crippen LogP contribution >= 0.6 is 10.0 Å². The SMILES string of the molecule is CCOC(=O)[C@@H](C)c1ccc(S(C)(C)C)cc1. The summed E-state index contributed by atoms with van der Waals surface area (Å²) in [5.41, 5.74) is 1.02. The summed E-state index contributed by atoms with van der Waals surface area (Å²) in [4.78, 5) is 13.0. The lowest BCUT2D eigenvalue weighted by Gasteiger charge is -2.26. The van der Waals surface area contributed by atoms with Crippen molar-refractivity contribution in [3.8, 4) is 0 Å². The Morgan fingerprint density at radius 3 is 2.18 bits per heavy atom. The molecule has 17 heavy (non-hydrogen) atoms. The maximum atomic E-state index is 11.6. The minimum absolute atomic E-state index is 0.150. The summed E-state index contributed by atoms with van der Waals surface area (Å²) in [5, 5.41) is 0. The van der Waals surface area contributed by atoms with E-state index >= 15 is 0 Å². The number of ether oxygens (including phenoxy) is 1. The van der Waals surface area contributed by atoms with Crippen LogP contribution in [0.1, 0.15) is 25.3 Å². The Morgan fingerprint density at radius 1 is 1.24 bits per heavy atom. The molecular formula is C14H22O2S. The van der Waals surface area contributed by atoms with Crippen LogP contribution in [0.4, 0.5) is 0 Å². The van der Waals surface area contributed by atoms with Gasteiger partial charge in [0.15, 0.2) is 0 Å². The number of carbonyl (C=O) groups excluding carboxylic acids is 1. The molecule has 1 atom stereocenters. The zero-order valence-electron chi connectivity index (χ0n) is 11.3. The van der Waals surface area contributed by atoms with Crippen molar-refractivity contribution in [2.24, 2.45) is 0 Å². The average Bonchev–Trinajstić information content (AvgIpc) is 2.27. The van der Waals surface area contributed by atoms with Crippen LogP contribution in [0, 0.1) is 0 Å². The summed E-state index contributed by atoms with van der Waals surface area (Å²) < 4.78 is 5.02. The second-order valence-electron chi connectivity index (χ2n) is 4.88. The first kappa shape index (κ1) is 14.1. The molecule has 96 valence electrons. The Labute approximate surface area is 106 Å². The van der Waals surface area contributed by atoms with Crippen molar-refractivity contribution in [2.75, 3.05) is 25.4 Å². The Bertz CT molecular complexity index is 376. The van der Waals surface area contributed by atoms with E-state index in [0.717, 1.165) is 5.56 Å². The van der Waals surface area contributed by atoms with Crippen LogP contribution in [-0.4, -0.2) is 31.3 Å². The van der Waals surface area contributed by atoms with E-state index in [4.69, 9.17) is 4.74 Å². The molecule has 0 N–H and O–H groups in total. The van der Waals surface area contributed by atoms with Crippen molar-refractivity contribution >= 4 is 16.0 Å². The van der Waals surface area contributed by atoms with Gasteiger partial charge in [0.2, 0.25) is 0 Å². The summed E-state index contributed by atoms with van der Waals surface area (Å²) in [6.45, 7) is 4.15. The fraction of sp³-hybridized carbons (Fsp3) is 0.500. The first-order valence-corrected chi connectivity index (χ1v) is 8.67. The minimum atomic E-state index is -0.692. The number of hydrogen-bond acceptors (Lipinski definition) is 2. The minimum Gasteiger partial charge on any atom is -0.466 e. The van der Waals surface area contributed by atoms with Gasteiger partial charge in [0.25, 0.3) is 0 Å². The van der Waals surface area contributed by atoms with Crippen LogP contribution in [0.15, 0.2) is 29.2 Å². The molecule has 2 nitrogen and oxygen atoms in total. The van der Waals surface area contributed by atoms with Gasteiger partial charge in [-0.3, -0.25) is 4.79 Å². The third kappa shape index (κ3) is 3.77. The second kappa shape index (κ2) is 5.58. The van der Waals surface area contributed by atoms with Crippen LogP contribution in [0.25, 0.3) is 0 Å². The van der Waals surface area contributed by atoms with E-state index in [9.17, 15) is 4.79 Å². The van der Waals surface area contributed by atoms with E-state index in [1.54, 1.807) is 0 Å². The van der Waals surface area contributed by atoms with Gasteiger partial charge in [0, 0.05) is 0 Å². The smallest absolute Gasteiger partial charge is 0.313 e. The first-order valence-electron chi connectivity index (χ1n) is 5.81. The number of esters is 1.